The number of amides is 1. The van der Waals surface area contributed by atoms with E-state index in [1.54, 1.807) is 0 Å². The van der Waals surface area contributed by atoms with Gasteiger partial charge in [0.15, 0.2) is 0 Å². The van der Waals surface area contributed by atoms with E-state index in [0.29, 0.717) is 12.6 Å². The highest BCUT2D eigenvalue weighted by atomic mass is 16.5. The van der Waals surface area contributed by atoms with Gasteiger partial charge >= 0.3 is 0 Å². The van der Waals surface area contributed by atoms with Gasteiger partial charge in [0.05, 0.1) is 23.6 Å². The number of aryl methyl sites for hydroxylation is 1. The molecule has 2 aromatic heterocycles. The average Bonchev–Trinajstić information content (AvgIpc) is 3.49. The lowest BCUT2D eigenvalue weighted by atomic mass is 9.92. The Kier molecular flexibility index (Phi) is 10.7. The Balaban J connectivity index is 0.000000502. The van der Waals surface area contributed by atoms with Crippen molar-refractivity contribution in [2.24, 2.45) is 7.05 Å². The molecule has 1 amide bonds. The maximum Gasteiger partial charge on any atom is 0.210 e. The Labute approximate surface area is 243 Å². The van der Waals surface area contributed by atoms with Crippen LogP contribution >= 0.6 is 0 Å². The Morgan fingerprint density at radius 2 is 1.80 bits per heavy atom. The monoisotopic (exact) mass is 563 g/mol. The highest BCUT2D eigenvalue weighted by molar-refractivity contribution is 5.72. The number of nitrogens with zero attached hydrogens (tertiary/aromatic N) is 6. The molecular formula is C31H45N7O3. The van der Waals surface area contributed by atoms with Crippen LogP contribution in [-0.4, -0.2) is 77.1 Å². The van der Waals surface area contributed by atoms with Crippen LogP contribution in [0.25, 0.3) is 11.3 Å². The molecular weight excluding hydrogens is 518 g/mol. The average molecular weight is 564 g/mol. The van der Waals surface area contributed by atoms with E-state index >= 15 is 0 Å². The first kappa shape index (κ1) is 30.5. The maximum atomic E-state index is 11.6. The normalized spacial score (nSPS) is 16.8. The standard InChI is InChI=1S/C26H32N6O2.C3H6O.C2H7N/c1-29-16-21(14-27-29)31-10-3-6-22-19(15-31)4-2-5-23(22)26-24-17-30(18-33)11-7-25(24)32(28-26)20-8-12-34-13-9-20;1-3(2)4;1-3-2/h2,4-5,14,16,18,20H,3,6-13,15,17H2,1H3;1-2H3;3H,1-2H3. The molecule has 3 aliphatic heterocycles. The zero-order chi connectivity index (χ0) is 29.4. The lowest BCUT2D eigenvalue weighted by Crippen LogP contribution is -2.31. The van der Waals surface area contributed by atoms with Crippen molar-refractivity contribution in [3.8, 4) is 11.3 Å². The molecule has 3 aliphatic rings. The molecule has 0 saturated carbocycles. The molecule has 1 saturated heterocycles. The number of ketones is 1. The fourth-order valence-corrected chi connectivity index (χ4v) is 5.83. The molecule has 0 spiro atoms. The largest absolute Gasteiger partial charge is 0.381 e. The number of nitrogens with one attached hydrogen (secondary N) is 1. The van der Waals surface area contributed by atoms with Crippen LogP contribution in [0.3, 0.4) is 0 Å². The van der Waals surface area contributed by atoms with Gasteiger partial charge in [-0.3, -0.25) is 14.2 Å². The summed E-state index contributed by atoms with van der Waals surface area (Å²) in [5.74, 6) is 0.167. The minimum atomic E-state index is 0.167. The summed E-state index contributed by atoms with van der Waals surface area (Å²) in [6.45, 7) is 7.92. The summed E-state index contributed by atoms with van der Waals surface area (Å²) in [6.07, 6.45) is 10.00. The summed E-state index contributed by atoms with van der Waals surface area (Å²) in [5, 5.41) is 12.4. The number of ether oxygens (including phenoxy) is 1. The fourth-order valence-electron chi connectivity index (χ4n) is 5.83. The van der Waals surface area contributed by atoms with Gasteiger partial charge in [0, 0.05) is 75.9 Å². The molecule has 6 rings (SSSR count). The molecule has 41 heavy (non-hydrogen) atoms. The smallest absolute Gasteiger partial charge is 0.210 e. The first-order valence-corrected chi connectivity index (χ1v) is 14.6. The van der Waals surface area contributed by atoms with Crippen molar-refractivity contribution in [2.75, 3.05) is 45.3 Å². The third-order valence-corrected chi connectivity index (χ3v) is 7.60. The second kappa shape index (κ2) is 14.4. The zero-order valence-electron chi connectivity index (χ0n) is 25.2. The van der Waals surface area contributed by atoms with Crippen LogP contribution in [0.2, 0.25) is 0 Å². The van der Waals surface area contributed by atoms with Gasteiger partial charge in [-0.2, -0.15) is 10.2 Å². The van der Waals surface area contributed by atoms with E-state index < -0.39 is 0 Å². The van der Waals surface area contributed by atoms with Gasteiger partial charge in [0.2, 0.25) is 6.41 Å². The maximum absolute atomic E-state index is 11.6. The fraction of sp³-hybridized carbons (Fsp3) is 0.548. The summed E-state index contributed by atoms with van der Waals surface area (Å²) in [6, 6.07) is 7.03. The van der Waals surface area contributed by atoms with Crippen molar-refractivity contribution >= 4 is 17.9 Å². The summed E-state index contributed by atoms with van der Waals surface area (Å²) in [5.41, 5.74) is 8.77. The second-order valence-electron chi connectivity index (χ2n) is 11.1. The molecule has 10 heteroatoms. The zero-order valence-corrected chi connectivity index (χ0v) is 25.2. The van der Waals surface area contributed by atoms with Crippen LogP contribution in [0.15, 0.2) is 30.6 Å². The first-order chi connectivity index (χ1) is 19.9. The van der Waals surface area contributed by atoms with Crippen molar-refractivity contribution in [1.82, 2.24) is 29.8 Å². The third-order valence-electron chi connectivity index (χ3n) is 7.60. The Bertz CT molecular complexity index is 1310. The molecule has 0 bridgehead atoms. The van der Waals surface area contributed by atoms with Gasteiger partial charge in [0.25, 0.3) is 0 Å². The minimum Gasteiger partial charge on any atom is -0.381 e. The van der Waals surface area contributed by atoms with E-state index in [0.717, 1.165) is 77.1 Å². The van der Waals surface area contributed by atoms with E-state index in [4.69, 9.17) is 9.84 Å². The number of hydrogen-bond acceptors (Lipinski definition) is 7. The SMILES string of the molecule is CC(C)=O.CNC.Cn1cc(N2CCCc3c(cccc3-c3nn(C4CCOCC4)c4c3CN(C=O)CC4)C2)cn1. The molecule has 5 heterocycles. The predicted octanol–water partition coefficient (Wildman–Crippen LogP) is 3.53. The molecule has 3 aromatic rings. The van der Waals surface area contributed by atoms with Crippen molar-refractivity contribution in [1.29, 1.82) is 0 Å². The van der Waals surface area contributed by atoms with Crippen LogP contribution in [0.4, 0.5) is 5.69 Å². The molecule has 0 aliphatic carbocycles. The molecule has 1 N–H and O–H groups in total. The van der Waals surface area contributed by atoms with Crippen LogP contribution in [-0.2, 0) is 47.3 Å². The van der Waals surface area contributed by atoms with Gasteiger partial charge in [0.1, 0.15) is 5.78 Å². The van der Waals surface area contributed by atoms with Crippen LogP contribution in [0, 0.1) is 0 Å². The summed E-state index contributed by atoms with van der Waals surface area (Å²) in [4.78, 5) is 25.4. The minimum absolute atomic E-state index is 0.167. The number of aromatic nitrogens is 4. The quantitative estimate of drug-likeness (QED) is 0.485. The van der Waals surface area contributed by atoms with Crippen molar-refractivity contribution in [3.63, 3.8) is 0 Å². The Hall–Kier alpha value is -3.50. The molecule has 0 atom stereocenters. The molecule has 222 valence electrons. The van der Waals surface area contributed by atoms with Crippen LogP contribution < -0.4 is 10.2 Å². The van der Waals surface area contributed by atoms with E-state index in [2.05, 4.69) is 44.4 Å². The molecule has 0 radical (unpaired) electrons. The van der Waals surface area contributed by atoms with Crippen molar-refractivity contribution < 1.29 is 14.3 Å². The Morgan fingerprint density at radius 3 is 2.46 bits per heavy atom. The summed E-state index contributed by atoms with van der Waals surface area (Å²) < 4.78 is 9.77. The number of rotatable bonds is 4. The lowest BCUT2D eigenvalue weighted by Gasteiger charge is -2.28. The predicted molar refractivity (Wildman–Crippen MR) is 161 cm³/mol. The van der Waals surface area contributed by atoms with Crippen LogP contribution in [0.1, 0.15) is 61.5 Å². The number of anilines is 1. The van der Waals surface area contributed by atoms with E-state index in [9.17, 15) is 9.59 Å². The third kappa shape index (κ3) is 7.42. The van der Waals surface area contributed by atoms with Gasteiger partial charge in [-0.1, -0.05) is 18.2 Å². The summed E-state index contributed by atoms with van der Waals surface area (Å²) in [7, 11) is 5.72. The molecule has 1 aromatic carbocycles. The number of fused-ring (bicyclic) bond motifs is 2. The van der Waals surface area contributed by atoms with Crippen LogP contribution in [0.5, 0.6) is 0 Å². The van der Waals surface area contributed by atoms with Gasteiger partial charge < -0.3 is 24.6 Å². The van der Waals surface area contributed by atoms with Crippen molar-refractivity contribution in [3.05, 3.63) is 53.0 Å². The number of carbonyl (C=O) groups is 2. The van der Waals surface area contributed by atoms with E-state index in [1.165, 1.54) is 47.5 Å². The molecule has 10 nitrogen and oxygen atoms in total. The second-order valence-corrected chi connectivity index (χ2v) is 11.1. The number of carbonyl (C=O) groups excluding carboxylic acids is 2. The summed E-state index contributed by atoms with van der Waals surface area (Å²) >= 11 is 0. The van der Waals surface area contributed by atoms with E-state index in [1.807, 2.05) is 36.9 Å². The number of Topliss-reactive ketones (excluding diaryl/α,β-unsaturated/α-hetero) is 1. The van der Waals surface area contributed by atoms with Gasteiger partial charge in [-0.05, 0) is 64.8 Å². The lowest BCUT2D eigenvalue weighted by molar-refractivity contribution is -0.119. The molecule has 0 unspecified atom stereocenters. The number of benzene rings is 1. The van der Waals surface area contributed by atoms with Gasteiger partial charge in [-0.25, -0.2) is 0 Å². The Morgan fingerprint density at radius 1 is 1.07 bits per heavy atom. The topological polar surface area (TPSA) is 97.5 Å². The highest BCUT2D eigenvalue weighted by Crippen LogP contribution is 2.37. The first-order valence-electron chi connectivity index (χ1n) is 14.6. The highest BCUT2D eigenvalue weighted by Gasteiger charge is 2.30. The van der Waals surface area contributed by atoms with E-state index in [-0.39, 0.29) is 5.78 Å². The molecule has 1 fully saturated rings. The number of hydrogen-bond donors (Lipinski definition) is 1. The van der Waals surface area contributed by atoms with Gasteiger partial charge in [-0.15, -0.1) is 0 Å². The van der Waals surface area contributed by atoms with Crippen molar-refractivity contribution in [2.45, 2.75) is 65.1 Å².